The molecule has 1 rings (SSSR count). The van der Waals surface area contributed by atoms with Crippen LogP contribution >= 0.6 is 0 Å². The second kappa shape index (κ2) is 11.3. The predicted molar refractivity (Wildman–Crippen MR) is 105 cm³/mol. The number of nitrogens with zero attached hydrogens (tertiary/aromatic N) is 4. The summed E-state index contributed by atoms with van der Waals surface area (Å²) in [6, 6.07) is 3.57. The van der Waals surface area contributed by atoms with E-state index in [0.717, 1.165) is 12.8 Å². The van der Waals surface area contributed by atoms with E-state index in [4.69, 9.17) is 32.4 Å². The Morgan fingerprint density at radius 1 is 0.808 bits per heavy atom. The molecule has 0 saturated carbocycles. The summed E-state index contributed by atoms with van der Waals surface area (Å²) in [7, 11) is 0. The van der Waals surface area contributed by atoms with Gasteiger partial charge in [-0.15, -0.1) is 10.2 Å². The van der Waals surface area contributed by atoms with Gasteiger partial charge in [-0.3, -0.25) is 0 Å². The lowest BCUT2D eigenvalue weighted by Gasteiger charge is -2.16. The van der Waals surface area contributed by atoms with Gasteiger partial charge in [-0.05, 0) is 25.0 Å². The Bertz CT molecular complexity index is 631. The van der Waals surface area contributed by atoms with Crippen LogP contribution in [0.25, 0.3) is 0 Å². The number of benzene rings is 1. The fraction of sp³-hybridized carbons (Fsp3) is 0.375. The fourth-order valence-corrected chi connectivity index (χ4v) is 1.82. The highest BCUT2D eigenvalue weighted by Gasteiger charge is 2.15. The van der Waals surface area contributed by atoms with Crippen molar-refractivity contribution in [1.29, 1.82) is 0 Å². The number of hydrogen-bond acceptors (Lipinski definition) is 6. The molecule has 0 bridgehead atoms. The molecule has 0 aromatic heterocycles. The van der Waals surface area contributed by atoms with Crippen molar-refractivity contribution in [2.45, 2.75) is 26.7 Å². The molecule has 8 N–H and O–H groups in total. The molecule has 0 atom stereocenters. The molecule has 10 nitrogen and oxygen atoms in total. The summed E-state index contributed by atoms with van der Waals surface area (Å²) in [6.07, 6.45) is 4.62. The minimum atomic E-state index is -0.138. The molecule has 0 aliphatic carbocycles. The van der Waals surface area contributed by atoms with Gasteiger partial charge in [-0.25, -0.2) is 0 Å². The van der Waals surface area contributed by atoms with Gasteiger partial charge in [0, 0.05) is 11.1 Å². The normalized spacial score (nSPS) is 10.8. The minimum Gasteiger partial charge on any atom is -0.489 e. The predicted octanol–water partition coefficient (Wildman–Crippen LogP) is 0.479. The summed E-state index contributed by atoms with van der Waals surface area (Å²) in [6.45, 7) is 5.01. The van der Waals surface area contributed by atoms with Crippen molar-refractivity contribution in [3.8, 4) is 11.5 Å². The Hall–Kier alpha value is -3.30. The van der Waals surface area contributed by atoms with Crippen LogP contribution in [0.4, 0.5) is 0 Å². The van der Waals surface area contributed by atoms with E-state index in [0.29, 0.717) is 35.8 Å². The van der Waals surface area contributed by atoms with Crippen LogP contribution in [0.15, 0.2) is 32.5 Å². The molecule has 0 amide bonds. The summed E-state index contributed by atoms with van der Waals surface area (Å²) in [4.78, 5) is 0. The lowest BCUT2D eigenvalue weighted by atomic mass is 10.1. The molecule has 142 valence electrons. The third-order valence-electron chi connectivity index (χ3n) is 2.81. The smallest absolute Gasteiger partial charge is 0.211 e. The minimum absolute atomic E-state index is 0.138. The molecule has 1 aromatic rings. The van der Waals surface area contributed by atoms with E-state index in [1.807, 2.05) is 13.8 Å². The molecule has 0 fully saturated rings. The van der Waals surface area contributed by atoms with Crippen LogP contribution in [-0.4, -0.2) is 37.6 Å². The van der Waals surface area contributed by atoms with E-state index in [1.165, 1.54) is 12.4 Å². The van der Waals surface area contributed by atoms with Gasteiger partial charge in [0.05, 0.1) is 25.6 Å². The molecule has 0 aliphatic rings. The summed E-state index contributed by atoms with van der Waals surface area (Å²) in [5.74, 6) is 0.758. The lowest BCUT2D eigenvalue weighted by Crippen LogP contribution is -2.21. The molecule has 26 heavy (non-hydrogen) atoms. The van der Waals surface area contributed by atoms with Crippen LogP contribution in [0.3, 0.4) is 0 Å². The second-order valence-electron chi connectivity index (χ2n) is 5.14. The zero-order valence-corrected chi connectivity index (χ0v) is 15.1. The Kier molecular flexibility index (Phi) is 9.01. The number of ether oxygens (including phenoxy) is 2. The number of nitrogens with two attached hydrogens (primary N) is 4. The van der Waals surface area contributed by atoms with Crippen molar-refractivity contribution in [1.82, 2.24) is 0 Å². The van der Waals surface area contributed by atoms with Gasteiger partial charge in [0.1, 0.15) is 0 Å². The third-order valence-corrected chi connectivity index (χ3v) is 2.81. The Balaban J connectivity index is 3.38. The fourth-order valence-electron chi connectivity index (χ4n) is 1.82. The Labute approximate surface area is 152 Å². The number of rotatable bonds is 10. The molecule has 0 radical (unpaired) electrons. The maximum Gasteiger partial charge on any atom is 0.211 e. The van der Waals surface area contributed by atoms with Crippen LogP contribution in [-0.2, 0) is 0 Å². The van der Waals surface area contributed by atoms with E-state index in [1.54, 1.807) is 12.1 Å². The molecular weight excluding hydrogens is 336 g/mol. The quantitative estimate of drug-likeness (QED) is 0.267. The molecule has 0 saturated heterocycles. The van der Waals surface area contributed by atoms with Crippen molar-refractivity contribution < 1.29 is 9.47 Å². The lowest BCUT2D eigenvalue weighted by molar-refractivity contribution is 0.268. The van der Waals surface area contributed by atoms with Gasteiger partial charge in [0.25, 0.3) is 0 Å². The molecule has 0 heterocycles. The molecule has 0 spiro atoms. The van der Waals surface area contributed by atoms with Gasteiger partial charge in [-0.1, -0.05) is 13.8 Å². The van der Waals surface area contributed by atoms with Gasteiger partial charge in [0.2, 0.25) is 11.9 Å². The van der Waals surface area contributed by atoms with Crippen LogP contribution in [0.1, 0.15) is 37.8 Å². The Morgan fingerprint density at radius 2 is 1.19 bits per heavy atom. The van der Waals surface area contributed by atoms with Gasteiger partial charge in [-0.2, -0.15) is 10.2 Å². The van der Waals surface area contributed by atoms with Crippen molar-refractivity contribution in [2.75, 3.05) is 13.2 Å². The van der Waals surface area contributed by atoms with E-state index in [-0.39, 0.29) is 11.9 Å². The highest BCUT2D eigenvalue weighted by molar-refractivity contribution is 5.92. The number of hydrogen-bond donors (Lipinski definition) is 4. The maximum atomic E-state index is 5.87. The highest BCUT2D eigenvalue weighted by Crippen LogP contribution is 2.34. The SMILES string of the molecule is CCCOc1c(/C=N/N=C(N)N)ccc(/C=N/N=C(N)N)c1OCCC. The van der Waals surface area contributed by atoms with Crippen LogP contribution in [0, 0.1) is 0 Å². The first-order valence-corrected chi connectivity index (χ1v) is 8.16. The van der Waals surface area contributed by atoms with Crippen molar-refractivity contribution in [3.05, 3.63) is 23.3 Å². The van der Waals surface area contributed by atoms with Crippen molar-refractivity contribution in [3.63, 3.8) is 0 Å². The average Bonchev–Trinajstić information content (AvgIpc) is 2.59. The standard InChI is InChI=1S/C16H26N8O2/c1-3-7-25-13-11(9-21-23-15(17)18)5-6-12(10-22-24-16(19)20)14(13)26-8-4-2/h5-6,9-10H,3-4,7-8H2,1-2H3,(H4,17,18,23)(H4,19,20,24)/b21-9+,22-10+. The monoisotopic (exact) mass is 362 g/mol. The first-order chi connectivity index (χ1) is 12.5. The first-order valence-electron chi connectivity index (χ1n) is 8.16. The van der Waals surface area contributed by atoms with E-state index in [2.05, 4.69) is 20.4 Å². The van der Waals surface area contributed by atoms with Crippen LogP contribution < -0.4 is 32.4 Å². The van der Waals surface area contributed by atoms with Gasteiger partial charge < -0.3 is 32.4 Å². The van der Waals surface area contributed by atoms with Crippen LogP contribution in [0.5, 0.6) is 11.5 Å². The number of guanidine groups is 2. The zero-order valence-electron chi connectivity index (χ0n) is 15.1. The van der Waals surface area contributed by atoms with E-state index in [9.17, 15) is 0 Å². The van der Waals surface area contributed by atoms with E-state index < -0.39 is 0 Å². The Morgan fingerprint density at radius 3 is 1.50 bits per heavy atom. The molecule has 0 aliphatic heterocycles. The summed E-state index contributed by atoms with van der Waals surface area (Å²) in [5.41, 5.74) is 22.4. The zero-order chi connectivity index (χ0) is 19.4. The van der Waals surface area contributed by atoms with Gasteiger partial charge in [0.15, 0.2) is 11.5 Å². The summed E-state index contributed by atoms with van der Waals surface area (Å²) < 4.78 is 11.7. The first kappa shape index (κ1) is 20.7. The maximum absolute atomic E-state index is 5.87. The molecule has 10 heteroatoms. The van der Waals surface area contributed by atoms with E-state index >= 15 is 0 Å². The average molecular weight is 362 g/mol. The third kappa shape index (κ3) is 7.07. The van der Waals surface area contributed by atoms with Crippen LogP contribution in [0.2, 0.25) is 0 Å². The molecular formula is C16H26N8O2. The van der Waals surface area contributed by atoms with Crippen molar-refractivity contribution in [2.24, 2.45) is 43.3 Å². The topological polar surface area (TPSA) is 172 Å². The molecule has 1 aromatic carbocycles. The largest absolute Gasteiger partial charge is 0.489 e. The molecule has 0 unspecified atom stereocenters. The summed E-state index contributed by atoms with van der Waals surface area (Å²) >= 11 is 0. The van der Waals surface area contributed by atoms with Gasteiger partial charge >= 0.3 is 0 Å². The second-order valence-corrected chi connectivity index (χ2v) is 5.14. The highest BCUT2D eigenvalue weighted by atomic mass is 16.5. The van der Waals surface area contributed by atoms with Crippen molar-refractivity contribution >= 4 is 24.3 Å². The summed E-state index contributed by atoms with van der Waals surface area (Å²) in [5, 5.41) is 14.9.